The average Bonchev–Trinajstić information content (AvgIpc) is 2.84. The summed E-state index contributed by atoms with van der Waals surface area (Å²) in [7, 11) is 4.34. The highest BCUT2D eigenvalue weighted by Crippen LogP contribution is 2.35. The van der Waals surface area contributed by atoms with Gasteiger partial charge in [-0.1, -0.05) is 51.4 Å². The van der Waals surface area contributed by atoms with E-state index in [0.29, 0.717) is 13.0 Å². The fraction of sp³-hybridized carbons (Fsp3) is 0.833. The Morgan fingerprint density at radius 2 is 1.46 bits per heavy atom. The van der Waals surface area contributed by atoms with E-state index in [-0.39, 0.29) is 23.7 Å². The minimum Gasteiger partial charge on any atom is -0.480 e. The third-order valence-corrected chi connectivity index (χ3v) is 7.67. The van der Waals surface area contributed by atoms with Crippen molar-refractivity contribution in [3.63, 3.8) is 0 Å². The smallest absolute Gasteiger partial charge is 0.350 e. The summed E-state index contributed by atoms with van der Waals surface area (Å²) in [6, 6.07) is -2.23. The molecule has 5 atom stereocenters. The molecule has 6 N–H and O–H groups in total. The number of amides is 2. The van der Waals surface area contributed by atoms with Crippen molar-refractivity contribution < 1.29 is 29.4 Å². The van der Waals surface area contributed by atoms with E-state index in [9.17, 15) is 29.4 Å². The Morgan fingerprint density at radius 3 is 2.06 bits per heavy atom. The first-order chi connectivity index (χ1) is 16.8. The van der Waals surface area contributed by atoms with Crippen LogP contribution < -0.4 is 21.3 Å². The second-order valence-electron chi connectivity index (χ2n) is 10.0. The number of aliphatic carboxylic acids is 2. The van der Waals surface area contributed by atoms with Crippen LogP contribution in [0.1, 0.15) is 64.2 Å². The van der Waals surface area contributed by atoms with Gasteiger partial charge in [-0.25, -0.2) is 9.59 Å². The molecule has 2 saturated carbocycles. The van der Waals surface area contributed by atoms with Crippen molar-refractivity contribution >= 4 is 30.8 Å². The number of hydrogen-bond acceptors (Lipinski definition) is 6. The van der Waals surface area contributed by atoms with Gasteiger partial charge in [-0.3, -0.25) is 9.59 Å². The highest BCUT2D eigenvalue weighted by atomic mass is 16.4. The maximum absolute atomic E-state index is 12.6. The number of hydrogen-bond donors (Lipinski definition) is 6. The Hall–Kier alpha value is -2.14. The molecular formula is C24H42BN4O6. The van der Waals surface area contributed by atoms with Crippen molar-refractivity contribution in [2.45, 2.75) is 76.3 Å². The molecule has 0 aromatic heterocycles. The summed E-state index contributed by atoms with van der Waals surface area (Å²) in [6.45, 7) is 1.20. The van der Waals surface area contributed by atoms with Crippen LogP contribution in [-0.4, -0.2) is 80.3 Å². The van der Waals surface area contributed by atoms with Crippen LogP contribution in [0.3, 0.4) is 0 Å². The van der Waals surface area contributed by atoms with Gasteiger partial charge in [0.05, 0.1) is 0 Å². The fourth-order valence-corrected chi connectivity index (χ4v) is 5.93. The number of rotatable bonds is 14. The molecule has 2 fully saturated rings. The maximum atomic E-state index is 12.6. The third kappa shape index (κ3) is 9.11. The van der Waals surface area contributed by atoms with Gasteiger partial charge < -0.3 is 31.5 Å². The van der Waals surface area contributed by atoms with E-state index in [0.717, 1.165) is 71.6 Å². The normalized spacial score (nSPS) is 23.5. The molecule has 2 aliphatic rings. The predicted molar refractivity (Wildman–Crippen MR) is 134 cm³/mol. The summed E-state index contributed by atoms with van der Waals surface area (Å²) in [5, 5.41) is 30.8. The molecule has 4 unspecified atom stereocenters. The van der Waals surface area contributed by atoms with E-state index >= 15 is 0 Å². The largest absolute Gasteiger partial charge is 0.480 e. The fourth-order valence-electron chi connectivity index (χ4n) is 5.93. The molecule has 2 aliphatic carbocycles. The summed E-state index contributed by atoms with van der Waals surface area (Å²) >= 11 is 0. The van der Waals surface area contributed by atoms with E-state index < -0.39 is 35.6 Å². The van der Waals surface area contributed by atoms with Gasteiger partial charge in [0.25, 0.3) is 0 Å². The van der Waals surface area contributed by atoms with Gasteiger partial charge in [-0.05, 0) is 51.2 Å². The lowest BCUT2D eigenvalue weighted by Gasteiger charge is -2.36. The van der Waals surface area contributed by atoms with Gasteiger partial charge >= 0.3 is 19.2 Å². The summed E-state index contributed by atoms with van der Waals surface area (Å²) in [5.41, 5.74) is 0. The highest BCUT2D eigenvalue weighted by molar-refractivity contribution is 6.96. The summed E-state index contributed by atoms with van der Waals surface area (Å²) < 4.78 is 0. The van der Waals surface area contributed by atoms with Gasteiger partial charge in [0.15, 0.2) is 11.6 Å². The molecule has 0 bridgehead atoms. The van der Waals surface area contributed by atoms with E-state index in [1.807, 2.05) is 7.05 Å². The first-order valence-corrected chi connectivity index (χ1v) is 13.0. The Balaban J connectivity index is 2.01. The lowest BCUT2D eigenvalue weighted by atomic mass is 9.71. The van der Waals surface area contributed by atoms with Crippen molar-refractivity contribution in [3.8, 4) is 0 Å². The molecular weight excluding hydrogens is 451 g/mol. The maximum Gasteiger partial charge on any atom is 0.350 e. The molecule has 35 heavy (non-hydrogen) atoms. The molecule has 0 spiro atoms. The number of carbonyl (C=O) groups excluding carboxylic acids is 2. The number of carboxylic acid groups (broad SMARTS) is 2. The Morgan fingerprint density at radius 1 is 0.829 bits per heavy atom. The second kappa shape index (κ2) is 15.1. The van der Waals surface area contributed by atoms with Crippen LogP contribution in [-0.2, 0) is 9.59 Å². The molecule has 0 saturated heterocycles. The van der Waals surface area contributed by atoms with Crippen LogP contribution in [0.4, 0.5) is 9.59 Å². The molecule has 1 radical (unpaired) electrons. The molecule has 11 heteroatoms. The van der Waals surface area contributed by atoms with Crippen LogP contribution in [0.25, 0.3) is 0 Å². The predicted octanol–water partition coefficient (Wildman–Crippen LogP) is 1.85. The monoisotopic (exact) mass is 493 g/mol. The van der Waals surface area contributed by atoms with Gasteiger partial charge in [0.2, 0.25) is 0 Å². The average molecular weight is 493 g/mol. The SMILES string of the molecule is CNCCC1CCCC[C@@H]1C(NC(=O)[B]C(=O)NC(C(=O)O)C(CNC)C1CCCCC1)C(=O)O. The second-order valence-corrected chi connectivity index (χ2v) is 10.0. The highest BCUT2D eigenvalue weighted by Gasteiger charge is 2.38. The van der Waals surface area contributed by atoms with E-state index in [4.69, 9.17) is 0 Å². The van der Waals surface area contributed by atoms with Crippen LogP contribution in [0.2, 0.25) is 0 Å². The van der Waals surface area contributed by atoms with Gasteiger partial charge in [0, 0.05) is 12.5 Å². The lowest BCUT2D eigenvalue weighted by molar-refractivity contribution is -0.142. The van der Waals surface area contributed by atoms with Crippen molar-refractivity contribution in [3.05, 3.63) is 0 Å². The van der Waals surface area contributed by atoms with Crippen LogP contribution >= 0.6 is 0 Å². The van der Waals surface area contributed by atoms with Gasteiger partial charge in [-0.2, -0.15) is 0 Å². The number of carbonyl (C=O) groups is 4. The molecule has 2 rings (SSSR count). The van der Waals surface area contributed by atoms with Crippen molar-refractivity contribution in [1.82, 2.24) is 21.3 Å². The molecule has 10 nitrogen and oxygen atoms in total. The van der Waals surface area contributed by atoms with Gasteiger partial charge in [-0.15, -0.1) is 0 Å². The van der Waals surface area contributed by atoms with Gasteiger partial charge in [0.1, 0.15) is 12.1 Å². The standard InChI is InChI=1S/C24H42BN4O6/c1-26-13-12-16-10-6-7-11-17(16)19(21(30)31)28-23(34)25-24(35)29-20(22(32)33)18(14-27-2)15-8-4-3-5-9-15/h15-20,26-27H,3-14H2,1-2H3,(H,28,34)(H,29,35)(H,30,31)(H,32,33)/t16?,17-,18?,19?,20?/m0/s1. The zero-order valence-corrected chi connectivity index (χ0v) is 21.1. The first kappa shape index (κ1) is 29.1. The van der Waals surface area contributed by atoms with Crippen LogP contribution in [0, 0.1) is 23.7 Å². The minimum atomic E-state index is -1.14. The molecule has 0 aromatic rings. The van der Waals surface area contributed by atoms with Crippen LogP contribution in [0.5, 0.6) is 0 Å². The van der Waals surface area contributed by atoms with Crippen molar-refractivity contribution in [2.75, 3.05) is 27.2 Å². The molecule has 0 aromatic carbocycles. The molecule has 197 valence electrons. The quantitative estimate of drug-likeness (QED) is 0.200. The molecule has 2 amide bonds. The molecule has 0 heterocycles. The first-order valence-electron chi connectivity index (χ1n) is 13.0. The van der Waals surface area contributed by atoms with Crippen LogP contribution in [0.15, 0.2) is 0 Å². The van der Waals surface area contributed by atoms with E-state index in [1.165, 1.54) is 0 Å². The minimum absolute atomic E-state index is 0.167. The topological polar surface area (TPSA) is 157 Å². The van der Waals surface area contributed by atoms with E-state index in [2.05, 4.69) is 21.3 Å². The molecule has 0 aliphatic heterocycles. The summed E-state index contributed by atoms with van der Waals surface area (Å²) in [4.78, 5) is 49.3. The van der Waals surface area contributed by atoms with Crippen molar-refractivity contribution in [1.29, 1.82) is 0 Å². The van der Waals surface area contributed by atoms with E-state index in [1.54, 1.807) is 7.05 Å². The number of carboxylic acids is 2. The number of nitrogens with one attached hydrogen (secondary N) is 4. The zero-order chi connectivity index (χ0) is 25.8. The summed E-state index contributed by atoms with van der Waals surface area (Å²) in [5.74, 6) is -4.09. The van der Waals surface area contributed by atoms with Crippen molar-refractivity contribution in [2.24, 2.45) is 23.7 Å². The Labute approximate surface area is 209 Å². The Bertz CT molecular complexity index is 718. The third-order valence-electron chi connectivity index (χ3n) is 7.67. The summed E-state index contributed by atoms with van der Waals surface area (Å²) in [6.07, 6.45) is 9.38. The zero-order valence-electron chi connectivity index (χ0n) is 21.1. The Kier molecular flexibility index (Phi) is 12.5. The lowest BCUT2D eigenvalue weighted by Crippen LogP contribution is -2.55.